The highest BCUT2D eigenvalue weighted by Crippen LogP contribution is 2.40. The molecule has 7 nitrogen and oxygen atoms in total. The highest BCUT2D eigenvalue weighted by atomic mass is 19.1. The van der Waals surface area contributed by atoms with Crippen LogP contribution in [0, 0.1) is 18.2 Å². The first-order chi connectivity index (χ1) is 14.0. The van der Waals surface area contributed by atoms with E-state index in [0.717, 1.165) is 24.4 Å². The van der Waals surface area contributed by atoms with Gasteiger partial charge < -0.3 is 15.0 Å². The first kappa shape index (κ1) is 17.8. The molecule has 1 saturated carbocycles. The number of aryl methyl sites for hydroxylation is 1. The van der Waals surface area contributed by atoms with Gasteiger partial charge in [0.05, 0.1) is 17.8 Å². The number of hydrogen-bond acceptors (Lipinski definition) is 5. The molecule has 1 fully saturated rings. The lowest BCUT2D eigenvalue weighted by Crippen LogP contribution is -2.37. The topological polar surface area (TPSA) is 102 Å². The lowest BCUT2D eigenvalue weighted by atomic mass is 10.0. The zero-order chi connectivity index (χ0) is 20.1. The maximum atomic E-state index is 14.3. The van der Waals surface area contributed by atoms with Crippen molar-refractivity contribution in [3.05, 3.63) is 58.7 Å². The number of benzene rings is 1. The third kappa shape index (κ3) is 3.14. The van der Waals surface area contributed by atoms with Crippen LogP contribution in [0.1, 0.15) is 47.4 Å². The Morgan fingerprint density at radius 1 is 1.24 bits per heavy atom. The van der Waals surface area contributed by atoms with Crippen LogP contribution in [-0.2, 0) is 13.0 Å². The number of nitrogens with zero attached hydrogens (tertiary/aromatic N) is 4. The van der Waals surface area contributed by atoms with E-state index >= 15 is 0 Å². The number of imidazole rings is 1. The molecular weight excluding hydrogens is 371 g/mol. The summed E-state index contributed by atoms with van der Waals surface area (Å²) in [5.74, 6) is 1.55. The largest absolute Gasteiger partial charge is 0.493 e. The minimum absolute atomic E-state index is 0.00418. The Balaban J connectivity index is 1.46. The number of hydrogen-bond donors (Lipinski definition) is 3. The Hall–Kier alpha value is -3.29. The van der Waals surface area contributed by atoms with E-state index in [4.69, 9.17) is 5.41 Å². The summed E-state index contributed by atoms with van der Waals surface area (Å²) >= 11 is 0. The summed E-state index contributed by atoms with van der Waals surface area (Å²) in [5, 5.41) is 19.2. The van der Waals surface area contributed by atoms with Crippen molar-refractivity contribution >= 4 is 5.84 Å². The number of nitrogens with one attached hydrogen (secondary N) is 2. The molecule has 0 amide bonds. The summed E-state index contributed by atoms with van der Waals surface area (Å²) in [6.07, 6.45) is 2.77. The number of amidine groups is 1. The molecule has 2 aliphatic rings. The van der Waals surface area contributed by atoms with Crippen LogP contribution in [0.2, 0.25) is 0 Å². The van der Waals surface area contributed by atoms with Gasteiger partial charge in [0.1, 0.15) is 34.7 Å². The molecule has 1 aromatic carbocycles. The molecule has 0 spiro atoms. The van der Waals surface area contributed by atoms with E-state index in [1.54, 1.807) is 25.1 Å². The quantitative estimate of drug-likeness (QED) is 0.469. The average molecular weight is 392 g/mol. The molecule has 3 heterocycles. The van der Waals surface area contributed by atoms with Gasteiger partial charge in [-0.1, -0.05) is 12.1 Å². The highest BCUT2D eigenvalue weighted by Gasteiger charge is 2.31. The van der Waals surface area contributed by atoms with Gasteiger partial charge in [-0.15, -0.1) is 0 Å². The second-order valence-corrected chi connectivity index (χ2v) is 7.65. The molecule has 0 bridgehead atoms. The van der Waals surface area contributed by atoms with Gasteiger partial charge in [-0.2, -0.15) is 4.98 Å². The summed E-state index contributed by atoms with van der Waals surface area (Å²) in [5.41, 5.74) is 2.76. The van der Waals surface area contributed by atoms with Crippen molar-refractivity contribution in [2.45, 2.75) is 38.6 Å². The molecule has 5 rings (SSSR count). The lowest BCUT2D eigenvalue weighted by Gasteiger charge is -2.30. The summed E-state index contributed by atoms with van der Waals surface area (Å²) in [4.78, 5) is 18.3. The molecule has 8 heteroatoms. The third-order valence-corrected chi connectivity index (χ3v) is 5.50. The Morgan fingerprint density at radius 3 is 2.79 bits per heavy atom. The summed E-state index contributed by atoms with van der Waals surface area (Å²) in [6, 6.07) is 6.42. The summed E-state index contributed by atoms with van der Waals surface area (Å²) in [6.45, 7) is 2.70. The van der Waals surface area contributed by atoms with Gasteiger partial charge in [0.25, 0.3) is 0 Å². The number of aromatic nitrogens is 4. The van der Waals surface area contributed by atoms with Crippen LogP contribution >= 0.6 is 0 Å². The van der Waals surface area contributed by atoms with Crippen molar-refractivity contribution in [3.8, 4) is 17.1 Å². The molecule has 2 aromatic heterocycles. The Bertz CT molecular complexity index is 1120. The van der Waals surface area contributed by atoms with Gasteiger partial charge in [0, 0.05) is 24.4 Å². The van der Waals surface area contributed by atoms with Gasteiger partial charge in [-0.3, -0.25) is 5.41 Å². The SMILES string of the molecule is Cc1nc(-c2ccccc2F)c(C(=N)N2CCc3nc(C4CC4)nc(O)c3C2)[nH]1. The molecule has 29 heavy (non-hydrogen) atoms. The lowest BCUT2D eigenvalue weighted by molar-refractivity contribution is 0.360. The Kier molecular flexibility index (Phi) is 4.08. The van der Waals surface area contributed by atoms with Crippen molar-refractivity contribution < 1.29 is 9.50 Å². The number of fused-ring (bicyclic) bond motifs is 1. The molecule has 0 atom stereocenters. The molecular formula is C21H21FN6O. The standard InChI is InChI=1S/C21H21FN6O/c1-11-24-17(13-4-2-3-5-15(13)22)18(25-11)19(23)28-9-8-16-14(10-28)21(29)27-20(26-16)12-6-7-12/h2-5,12,23H,6-10H2,1H3,(H,24,25)(H,26,27,29). The van der Waals surface area contributed by atoms with Crippen molar-refractivity contribution in [1.29, 1.82) is 5.41 Å². The van der Waals surface area contributed by atoms with Gasteiger partial charge in [0.2, 0.25) is 5.88 Å². The van der Waals surface area contributed by atoms with Crippen LogP contribution in [-0.4, -0.2) is 42.3 Å². The first-order valence-corrected chi connectivity index (χ1v) is 9.75. The zero-order valence-corrected chi connectivity index (χ0v) is 16.0. The van der Waals surface area contributed by atoms with E-state index in [1.807, 2.05) is 4.90 Å². The maximum absolute atomic E-state index is 14.3. The van der Waals surface area contributed by atoms with E-state index < -0.39 is 0 Å². The van der Waals surface area contributed by atoms with Crippen LogP contribution in [0.5, 0.6) is 5.88 Å². The third-order valence-electron chi connectivity index (χ3n) is 5.50. The normalized spacial score (nSPS) is 16.0. The fraction of sp³-hybridized carbons (Fsp3) is 0.333. The Morgan fingerprint density at radius 2 is 2.03 bits per heavy atom. The Labute approximate surface area is 167 Å². The zero-order valence-electron chi connectivity index (χ0n) is 16.0. The van der Waals surface area contributed by atoms with E-state index in [0.29, 0.717) is 53.8 Å². The number of halogens is 1. The minimum atomic E-state index is -0.379. The predicted molar refractivity (Wildman–Crippen MR) is 105 cm³/mol. The fourth-order valence-corrected chi connectivity index (χ4v) is 3.80. The fourth-order valence-electron chi connectivity index (χ4n) is 3.80. The van der Waals surface area contributed by atoms with Gasteiger partial charge >= 0.3 is 0 Å². The van der Waals surface area contributed by atoms with Gasteiger partial charge in [-0.25, -0.2) is 14.4 Å². The molecule has 1 aliphatic heterocycles. The monoisotopic (exact) mass is 392 g/mol. The van der Waals surface area contributed by atoms with Gasteiger partial charge in [-0.05, 0) is 31.9 Å². The highest BCUT2D eigenvalue weighted by molar-refractivity contribution is 6.00. The van der Waals surface area contributed by atoms with E-state index in [1.165, 1.54) is 6.07 Å². The molecule has 0 radical (unpaired) electrons. The number of aromatic hydroxyl groups is 1. The molecule has 3 aromatic rings. The van der Waals surface area contributed by atoms with Crippen molar-refractivity contribution in [3.63, 3.8) is 0 Å². The molecule has 0 saturated heterocycles. The van der Waals surface area contributed by atoms with Crippen LogP contribution in [0.4, 0.5) is 4.39 Å². The van der Waals surface area contributed by atoms with Crippen LogP contribution < -0.4 is 0 Å². The first-order valence-electron chi connectivity index (χ1n) is 9.75. The van der Waals surface area contributed by atoms with E-state index in [9.17, 15) is 9.50 Å². The maximum Gasteiger partial charge on any atom is 0.219 e. The summed E-state index contributed by atoms with van der Waals surface area (Å²) < 4.78 is 14.3. The van der Waals surface area contributed by atoms with Crippen molar-refractivity contribution in [2.75, 3.05) is 6.54 Å². The van der Waals surface area contributed by atoms with Crippen molar-refractivity contribution in [2.24, 2.45) is 0 Å². The number of aromatic amines is 1. The van der Waals surface area contributed by atoms with Gasteiger partial charge in [0.15, 0.2) is 0 Å². The number of H-pyrrole nitrogens is 1. The molecule has 3 N–H and O–H groups in total. The minimum Gasteiger partial charge on any atom is -0.493 e. The van der Waals surface area contributed by atoms with E-state index in [-0.39, 0.29) is 17.5 Å². The van der Waals surface area contributed by atoms with E-state index in [2.05, 4.69) is 19.9 Å². The van der Waals surface area contributed by atoms with Crippen LogP contribution in [0.3, 0.4) is 0 Å². The van der Waals surface area contributed by atoms with Crippen molar-refractivity contribution in [1.82, 2.24) is 24.8 Å². The smallest absolute Gasteiger partial charge is 0.219 e. The second kappa shape index (κ2) is 6.65. The second-order valence-electron chi connectivity index (χ2n) is 7.65. The molecule has 0 unspecified atom stereocenters. The molecule has 148 valence electrons. The molecule has 1 aliphatic carbocycles. The van der Waals surface area contributed by atoms with Crippen LogP contribution in [0.25, 0.3) is 11.3 Å². The number of rotatable bonds is 3. The van der Waals surface area contributed by atoms with Crippen LogP contribution in [0.15, 0.2) is 24.3 Å². The average Bonchev–Trinajstić information content (AvgIpc) is 3.49. The predicted octanol–water partition coefficient (Wildman–Crippen LogP) is 3.28. The summed E-state index contributed by atoms with van der Waals surface area (Å²) in [7, 11) is 0.